The molecule has 0 aromatic carbocycles. The summed E-state index contributed by atoms with van der Waals surface area (Å²) < 4.78 is 13.9. The molecule has 190 valence electrons. The Morgan fingerprint density at radius 3 is 2.53 bits per heavy atom. The van der Waals surface area contributed by atoms with Crippen LogP contribution in [0.2, 0.25) is 0 Å². The molecule has 12 heteroatoms. The first-order chi connectivity index (χ1) is 17.0. The van der Waals surface area contributed by atoms with E-state index in [0.717, 1.165) is 5.69 Å². The van der Waals surface area contributed by atoms with Crippen LogP contribution in [0.4, 0.5) is 4.79 Å². The number of imidazole rings is 1. The van der Waals surface area contributed by atoms with E-state index in [4.69, 9.17) is 9.47 Å². The predicted molar refractivity (Wildman–Crippen MR) is 134 cm³/mol. The van der Waals surface area contributed by atoms with Gasteiger partial charge in [0, 0.05) is 31.4 Å². The van der Waals surface area contributed by atoms with Gasteiger partial charge in [0.05, 0.1) is 29.6 Å². The Labute approximate surface area is 210 Å². The number of likely N-dealkylation sites (tertiary alicyclic amines) is 1. The first-order valence-corrected chi connectivity index (χ1v) is 12.4. The predicted octanol–water partition coefficient (Wildman–Crippen LogP) is 3.00. The number of rotatable bonds is 3. The SMILES string of the molecule is COc1cc(-c2cc(=O)n3cc(C4(O)CCN(C(=O)OC(C)(C)C)CC4)sc3n2)nn2cc(C)nc12. The number of carbonyl (C=O) groups is 1. The number of fused-ring (bicyclic) bond motifs is 2. The fourth-order valence-electron chi connectivity index (χ4n) is 4.22. The third kappa shape index (κ3) is 4.42. The van der Waals surface area contributed by atoms with E-state index in [1.54, 1.807) is 35.0 Å². The van der Waals surface area contributed by atoms with Gasteiger partial charge in [-0.1, -0.05) is 11.3 Å². The van der Waals surface area contributed by atoms with Gasteiger partial charge in [0.2, 0.25) is 0 Å². The van der Waals surface area contributed by atoms with Crippen molar-refractivity contribution in [3.63, 3.8) is 0 Å². The van der Waals surface area contributed by atoms with Crippen molar-refractivity contribution in [1.82, 2.24) is 28.9 Å². The first-order valence-electron chi connectivity index (χ1n) is 11.6. The number of carbonyl (C=O) groups excluding carboxylic acids is 1. The molecule has 1 aliphatic rings. The molecule has 0 atom stereocenters. The van der Waals surface area contributed by atoms with E-state index < -0.39 is 17.3 Å². The molecule has 4 aromatic heterocycles. The molecular formula is C24H28N6O5S. The number of hydrogen-bond acceptors (Lipinski definition) is 9. The van der Waals surface area contributed by atoms with Crippen LogP contribution in [0.15, 0.2) is 29.3 Å². The Morgan fingerprint density at radius 2 is 1.86 bits per heavy atom. The van der Waals surface area contributed by atoms with Crippen LogP contribution in [0.1, 0.15) is 44.2 Å². The monoisotopic (exact) mass is 512 g/mol. The number of amides is 1. The van der Waals surface area contributed by atoms with E-state index in [9.17, 15) is 14.7 Å². The summed E-state index contributed by atoms with van der Waals surface area (Å²) in [5.74, 6) is 0.521. The van der Waals surface area contributed by atoms with Gasteiger partial charge in [0.1, 0.15) is 16.9 Å². The number of nitrogens with zero attached hydrogens (tertiary/aromatic N) is 6. The van der Waals surface area contributed by atoms with E-state index in [0.29, 0.717) is 58.6 Å². The average molecular weight is 513 g/mol. The number of methoxy groups -OCH3 is 1. The molecule has 0 saturated carbocycles. The molecule has 36 heavy (non-hydrogen) atoms. The minimum Gasteiger partial charge on any atom is -0.493 e. The molecule has 5 rings (SSSR count). The minimum atomic E-state index is -1.17. The Kier molecular flexibility index (Phi) is 5.75. The summed E-state index contributed by atoms with van der Waals surface area (Å²) in [7, 11) is 1.55. The van der Waals surface area contributed by atoms with Gasteiger partial charge in [-0.15, -0.1) is 0 Å². The quantitative estimate of drug-likeness (QED) is 0.444. The Hall–Kier alpha value is -3.51. The lowest BCUT2D eigenvalue weighted by Gasteiger charge is -2.37. The Morgan fingerprint density at radius 1 is 1.14 bits per heavy atom. The highest BCUT2D eigenvalue weighted by Crippen LogP contribution is 2.37. The molecule has 0 unspecified atom stereocenters. The number of ether oxygens (including phenoxy) is 2. The van der Waals surface area contributed by atoms with E-state index in [1.165, 1.54) is 21.8 Å². The van der Waals surface area contributed by atoms with Crippen LogP contribution in [0.25, 0.3) is 22.0 Å². The molecule has 0 bridgehead atoms. The molecule has 11 nitrogen and oxygen atoms in total. The summed E-state index contributed by atoms with van der Waals surface area (Å²) >= 11 is 1.25. The highest BCUT2D eigenvalue weighted by atomic mass is 32.1. The van der Waals surface area contributed by atoms with Crippen molar-refractivity contribution in [2.75, 3.05) is 20.2 Å². The number of hydrogen-bond donors (Lipinski definition) is 1. The number of aryl methyl sites for hydroxylation is 1. The van der Waals surface area contributed by atoms with Crippen LogP contribution in [0.5, 0.6) is 5.75 Å². The third-order valence-corrected chi connectivity index (χ3v) is 7.24. The standard InChI is InChI=1S/C24H28N6O5S/c1-14-12-30-20(25-14)17(34-5)10-16(27-30)15-11-19(31)29-13-18(36-21(29)26-15)24(33)6-8-28(9-7-24)22(32)35-23(2,3)4/h10-13,33H,6-9H2,1-5H3. The molecule has 5 heterocycles. The summed E-state index contributed by atoms with van der Waals surface area (Å²) in [6, 6.07) is 3.12. The van der Waals surface area contributed by atoms with Gasteiger partial charge in [-0.05, 0) is 40.5 Å². The molecule has 0 radical (unpaired) electrons. The van der Waals surface area contributed by atoms with Crippen molar-refractivity contribution in [1.29, 1.82) is 0 Å². The van der Waals surface area contributed by atoms with Crippen LogP contribution in [-0.2, 0) is 10.3 Å². The molecular weight excluding hydrogens is 484 g/mol. The van der Waals surface area contributed by atoms with Gasteiger partial charge in [0.15, 0.2) is 16.4 Å². The fraction of sp³-hybridized carbons (Fsp3) is 0.458. The van der Waals surface area contributed by atoms with Crippen LogP contribution in [0.3, 0.4) is 0 Å². The second kappa shape index (κ2) is 8.56. The first kappa shape index (κ1) is 24.2. The van der Waals surface area contributed by atoms with Gasteiger partial charge in [0.25, 0.3) is 5.56 Å². The van der Waals surface area contributed by atoms with Crippen molar-refractivity contribution >= 4 is 28.0 Å². The number of thiazole rings is 1. The average Bonchev–Trinajstić information content (AvgIpc) is 3.41. The summed E-state index contributed by atoms with van der Waals surface area (Å²) in [5, 5.41) is 15.9. The number of piperidine rings is 1. The van der Waals surface area contributed by atoms with E-state index in [2.05, 4.69) is 15.1 Å². The normalized spacial score (nSPS) is 16.0. The maximum Gasteiger partial charge on any atom is 0.410 e. The lowest BCUT2D eigenvalue weighted by atomic mass is 9.90. The van der Waals surface area contributed by atoms with Crippen molar-refractivity contribution in [2.45, 2.75) is 51.7 Å². The summed E-state index contributed by atoms with van der Waals surface area (Å²) in [5.41, 5.74) is 0.196. The molecule has 0 aliphatic carbocycles. The molecule has 1 amide bonds. The molecule has 0 spiro atoms. The van der Waals surface area contributed by atoms with Crippen molar-refractivity contribution < 1.29 is 19.4 Å². The zero-order chi connectivity index (χ0) is 25.8. The largest absolute Gasteiger partial charge is 0.493 e. The van der Waals surface area contributed by atoms with Gasteiger partial charge in [-0.2, -0.15) is 5.10 Å². The molecule has 4 aromatic rings. The lowest BCUT2D eigenvalue weighted by Crippen LogP contribution is -2.46. The smallest absolute Gasteiger partial charge is 0.410 e. The molecule has 1 N–H and O–H groups in total. The van der Waals surface area contributed by atoms with E-state index >= 15 is 0 Å². The lowest BCUT2D eigenvalue weighted by molar-refractivity contribution is -0.0336. The van der Waals surface area contributed by atoms with Gasteiger partial charge in [-0.25, -0.2) is 19.3 Å². The third-order valence-electron chi connectivity index (χ3n) is 6.06. The van der Waals surface area contributed by atoms with Crippen molar-refractivity contribution in [2.24, 2.45) is 0 Å². The van der Waals surface area contributed by atoms with Gasteiger partial charge >= 0.3 is 6.09 Å². The Bertz CT molecular complexity index is 1520. The van der Waals surface area contributed by atoms with E-state index in [1.807, 2.05) is 27.7 Å². The van der Waals surface area contributed by atoms with Gasteiger partial charge < -0.3 is 19.5 Å². The molecule has 1 fully saturated rings. The maximum absolute atomic E-state index is 13.0. The fourth-order valence-corrected chi connectivity index (χ4v) is 5.35. The zero-order valence-corrected chi connectivity index (χ0v) is 21.6. The van der Waals surface area contributed by atoms with Crippen LogP contribution in [0, 0.1) is 6.92 Å². The second-order valence-corrected chi connectivity index (χ2v) is 11.0. The number of aliphatic hydroxyl groups is 1. The topological polar surface area (TPSA) is 124 Å². The van der Waals surface area contributed by atoms with Gasteiger partial charge in [-0.3, -0.25) is 9.20 Å². The van der Waals surface area contributed by atoms with Crippen molar-refractivity contribution in [3.8, 4) is 17.1 Å². The zero-order valence-electron chi connectivity index (χ0n) is 20.8. The summed E-state index contributed by atoms with van der Waals surface area (Å²) in [6.45, 7) is 8.02. The molecule has 1 aliphatic heterocycles. The van der Waals surface area contributed by atoms with Crippen LogP contribution < -0.4 is 10.3 Å². The summed E-state index contributed by atoms with van der Waals surface area (Å²) in [4.78, 5) is 37.1. The van der Waals surface area contributed by atoms with Crippen LogP contribution in [-0.4, -0.2) is 65.9 Å². The highest BCUT2D eigenvalue weighted by molar-refractivity contribution is 7.17. The maximum atomic E-state index is 13.0. The Balaban J connectivity index is 1.44. The van der Waals surface area contributed by atoms with E-state index in [-0.39, 0.29) is 5.56 Å². The highest BCUT2D eigenvalue weighted by Gasteiger charge is 2.38. The van der Waals surface area contributed by atoms with Crippen molar-refractivity contribution in [3.05, 3.63) is 45.5 Å². The summed E-state index contributed by atoms with van der Waals surface area (Å²) in [6.07, 6.45) is 3.68. The van der Waals surface area contributed by atoms with Crippen LogP contribution >= 0.6 is 11.3 Å². The number of aromatic nitrogens is 5. The second-order valence-electron chi connectivity index (χ2n) is 9.97. The molecule has 1 saturated heterocycles. The minimum absolute atomic E-state index is 0.282.